The first-order chi connectivity index (χ1) is 3.30. The Hall–Kier alpha value is 0.630. The fourth-order valence-electron chi connectivity index (χ4n) is 0.288. The third-order valence-corrected chi connectivity index (χ3v) is 2.31. The largest absolute Gasteiger partial charge is 0.254 e. The molecule has 0 aliphatic carbocycles. The lowest BCUT2D eigenvalue weighted by Gasteiger charge is -1.79. The summed E-state index contributed by atoms with van der Waals surface area (Å²) in [6.07, 6.45) is 0. The molecule has 0 fully saturated rings. The standard InChI is InChI=1S/C3H3Cl2NS/c4-2-1-6-7-3(2)5/h6H,1H2. The van der Waals surface area contributed by atoms with Crippen molar-refractivity contribution < 1.29 is 0 Å². The van der Waals surface area contributed by atoms with Gasteiger partial charge in [0.15, 0.2) is 0 Å². The maximum absolute atomic E-state index is 5.53. The van der Waals surface area contributed by atoms with E-state index in [-0.39, 0.29) is 0 Å². The zero-order chi connectivity index (χ0) is 5.28. The molecule has 0 unspecified atom stereocenters. The molecule has 0 saturated carbocycles. The Balaban J connectivity index is 2.64. The van der Waals surface area contributed by atoms with Crippen LogP contribution in [0.2, 0.25) is 0 Å². The number of nitrogens with one attached hydrogen (secondary N) is 1. The summed E-state index contributed by atoms with van der Waals surface area (Å²) in [6.45, 7) is 0.699. The number of rotatable bonds is 0. The Morgan fingerprint density at radius 1 is 1.57 bits per heavy atom. The molecule has 0 aromatic rings. The van der Waals surface area contributed by atoms with Gasteiger partial charge in [-0.15, -0.1) is 0 Å². The summed E-state index contributed by atoms with van der Waals surface area (Å²) < 4.78 is 3.57. The van der Waals surface area contributed by atoms with E-state index >= 15 is 0 Å². The van der Waals surface area contributed by atoms with E-state index < -0.39 is 0 Å². The van der Waals surface area contributed by atoms with Crippen LogP contribution in [0.3, 0.4) is 0 Å². The SMILES string of the molecule is ClC1=C(Cl)SNC1. The first kappa shape index (κ1) is 5.76. The van der Waals surface area contributed by atoms with Crippen molar-refractivity contribution in [1.29, 1.82) is 0 Å². The molecule has 0 amide bonds. The van der Waals surface area contributed by atoms with E-state index in [1.165, 1.54) is 11.9 Å². The molecule has 40 valence electrons. The molecule has 0 radical (unpaired) electrons. The highest BCUT2D eigenvalue weighted by atomic mass is 35.5. The van der Waals surface area contributed by atoms with Gasteiger partial charge >= 0.3 is 0 Å². The molecule has 0 aromatic heterocycles. The number of hydrogen-bond donors (Lipinski definition) is 1. The number of hydrogen-bond acceptors (Lipinski definition) is 2. The van der Waals surface area contributed by atoms with Gasteiger partial charge in [0.1, 0.15) is 4.36 Å². The van der Waals surface area contributed by atoms with Crippen LogP contribution >= 0.6 is 35.1 Å². The van der Waals surface area contributed by atoms with Crippen LogP contribution < -0.4 is 4.72 Å². The molecular formula is C3H3Cl2NS. The molecular weight excluding hydrogens is 153 g/mol. The fourth-order valence-corrected chi connectivity index (χ4v) is 1.31. The maximum Gasteiger partial charge on any atom is 0.104 e. The van der Waals surface area contributed by atoms with Crippen LogP contribution in [-0.4, -0.2) is 6.54 Å². The first-order valence-corrected chi connectivity index (χ1v) is 3.32. The lowest BCUT2D eigenvalue weighted by Crippen LogP contribution is -1.95. The summed E-state index contributed by atoms with van der Waals surface area (Å²) in [5, 5.41) is 0.715. The van der Waals surface area contributed by atoms with Crippen molar-refractivity contribution in [3.63, 3.8) is 0 Å². The molecule has 1 rings (SSSR count). The summed E-state index contributed by atoms with van der Waals surface area (Å²) in [5.74, 6) is 0. The second-order valence-electron chi connectivity index (χ2n) is 1.10. The molecule has 0 aromatic carbocycles. The maximum atomic E-state index is 5.53. The lowest BCUT2D eigenvalue weighted by molar-refractivity contribution is 1.14. The highest BCUT2D eigenvalue weighted by molar-refractivity contribution is 8.03. The summed E-state index contributed by atoms with van der Waals surface area (Å²) in [4.78, 5) is 0. The van der Waals surface area contributed by atoms with E-state index in [0.717, 1.165) is 0 Å². The summed E-state index contributed by atoms with van der Waals surface area (Å²) >= 11 is 12.4. The molecule has 1 heterocycles. The van der Waals surface area contributed by atoms with E-state index in [0.29, 0.717) is 15.9 Å². The summed E-state index contributed by atoms with van der Waals surface area (Å²) in [7, 11) is 0. The van der Waals surface area contributed by atoms with E-state index in [4.69, 9.17) is 23.2 Å². The molecule has 0 atom stereocenters. The first-order valence-electron chi connectivity index (χ1n) is 1.74. The van der Waals surface area contributed by atoms with Crippen molar-refractivity contribution in [3.8, 4) is 0 Å². The minimum Gasteiger partial charge on any atom is -0.254 e. The van der Waals surface area contributed by atoms with Crippen molar-refractivity contribution in [2.24, 2.45) is 0 Å². The summed E-state index contributed by atoms with van der Waals surface area (Å²) in [5.41, 5.74) is 0. The van der Waals surface area contributed by atoms with Crippen molar-refractivity contribution in [3.05, 3.63) is 9.40 Å². The van der Waals surface area contributed by atoms with Crippen LogP contribution in [0.1, 0.15) is 0 Å². The van der Waals surface area contributed by atoms with Gasteiger partial charge in [-0.2, -0.15) is 0 Å². The average molecular weight is 156 g/mol. The molecule has 0 spiro atoms. The van der Waals surface area contributed by atoms with Gasteiger partial charge in [-0.3, -0.25) is 4.72 Å². The van der Waals surface area contributed by atoms with E-state index in [2.05, 4.69) is 4.72 Å². The average Bonchev–Trinajstić information content (AvgIpc) is 1.91. The van der Waals surface area contributed by atoms with Crippen LogP contribution in [0, 0.1) is 0 Å². The highest BCUT2D eigenvalue weighted by Crippen LogP contribution is 2.28. The Labute approximate surface area is 56.2 Å². The molecule has 0 saturated heterocycles. The van der Waals surface area contributed by atoms with Gasteiger partial charge in [0.05, 0.1) is 5.03 Å². The molecule has 0 bridgehead atoms. The van der Waals surface area contributed by atoms with Gasteiger partial charge in [-0.1, -0.05) is 23.2 Å². The zero-order valence-electron chi connectivity index (χ0n) is 3.37. The van der Waals surface area contributed by atoms with Gasteiger partial charge in [0, 0.05) is 6.54 Å². The van der Waals surface area contributed by atoms with Crippen LogP contribution in [-0.2, 0) is 0 Å². The Morgan fingerprint density at radius 2 is 2.29 bits per heavy atom. The third-order valence-electron chi connectivity index (χ3n) is 0.602. The molecule has 1 nitrogen and oxygen atoms in total. The van der Waals surface area contributed by atoms with Crippen LogP contribution in [0.5, 0.6) is 0 Å². The fraction of sp³-hybridized carbons (Fsp3) is 0.333. The van der Waals surface area contributed by atoms with E-state index in [1.807, 2.05) is 0 Å². The van der Waals surface area contributed by atoms with Gasteiger partial charge in [0.2, 0.25) is 0 Å². The molecule has 1 aliphatic rings. The van der Waals surface area contributed by atoms with Gasteiger partial charge in [0.25, 0.3) is 0 Å². The smallest absolute Gasteiger partial charge is 0.104 e. The van der Waals surface area contributed by atoms with Gasteiger partial charge < -0.3 is 0 Å². The Morgan fingerprint density at radius 3 is 2.43 bits per heavy atom. The van der Waals surface area contributed by atoms with Gasteiger partial charge in [-0.25, -0.2) is 0 Å². The van der Waals surface area contributed by atoms with E-state index in [9.17, 15) is 0 Å². The van der Waals surface area contributed by atoms with Crippen molar-refractivity contribution in [2.45, 2.75) is 0 Å². The number of halogens is 2. The van der Waals surface area contributed by atoms with E-state index in [1.54, 1.807) is 0 Å². The van der Waals surface area contributed by atoms with Gasteiger partial charge in [-0.05, 0) is 11.9 Å². The van der Waals surface area contributed by atoms with Crippen molar-refractivity contribution in [2.75, 3.05) is 6.54 Å². The molecule has 1 aliphatic heterocycles. The minimum atomic E-state index is 0.668. The predicted molar refractivity (Wildman–Crippen MR) is 34.3 cm³/mol. The van der Waals surface area contributed by atoms with Crippen LogP contribution in [0.4, 0.5) is 0 Å². The monoisotopic (exact) mass is 155 g/mol. The van der Waals surface area contributed by atoms with Crippen LogP contribution in [0.15, 0.2) is 9.40 Å². The van der Waals surface area contributed by atoms with Crippen LogP contribution in [0.25, 0.3) is 0 Å². The van der Waals surface area contributed by atoms with Crippen molar-refractivity contribution in [1.82, 2.24) is 4.72 Å². The summed E-state index contributed by atoms with van der Waals surface area (Å²) in [6, 6.07) is 0. The van der Waals surface area contributed by atoms with Crippen molar-refractivity contribution >= 4 is 35.1 Å². The topological polar surface area (TPSA) is 12.0 Å². The lowest BCUT2D eigenvalue weighted by atomic mass is 10.6. The normalized spacial score (nSPS) is 21.4. The zero-order valence-corrected chi connectivity index (χ0v) is 5.70. The predicted octanol–water partition coefficient (Wildman–Crippen LogP) is 1.88. The molecule has 4 heteroatoms. The second-order valence-corrected chi connectivity index (χ2v) is 3.06. The third kappa shape index (κ3) is 1.26. The quantitative estimate of drug-likeness (QED) is 0.537. The Kier molecular flexibility index (Phi) is 1.87. The Bertz CT molecular complexity index is 99.5. The highest BCUT2D eigenvalue weighted by Gasteiger charge is 2.08. The second kappa shape index (κ2) is 2.27. The molecule has 7 heavy (non-hydrogen) atoms. The molecule has 1 N–H and O–H groups in total. The minimum absolute atomic E-state index is 0.668.